The second-order valence-electron chi connectivity index (χ2n) is 5.74. The lowest BCUT2D eigenvalue weighted by Gasteiger charge is -2.32. The van der Waals surface area contributed by atoms with Gasteiger partial charge in [-0.05, 0) is 19.1 Å². The van der Waals surface area contributed by atoms with Gasteiger partial charge in [0.1, 0.15) is 18.1 Å². The van der Waals surface area contributed by atoms with E-state index in [9.17, 15) is 0 Å². The maximum absolute atomic E-state index is 5.92. The van der Waals surface area contributed by atoms with E-state index < -0.39 is 0 Å². The Balaban J connectivity index is 1.53. The van der Waals surface area contributed by atoms with Gasteiger partial charge in [-0.15, -0.1) is 10.2 Å². The maximum atomic E-state index is 5.92. The molecule has 0 bridgehead atoms. The number of hydrogen-bond donors (Lipinski definition) is 0. The molecule has 0 aliphatic carbocycles. The largest absolute Gasteiger partial charge is 0.368 e. The van der Waals surface area contributed by atoms with E-state index in [1.54, 1.807) is 6.33 Å². The molecule has 4 heterocycles. The molecule has 7 nitrogen and oxygen atoms in total. The molecule has 0 spiro atoms. The highest BCUT2D eigenvalue weighted by atomic mass is 16.5. The first kappa shape index (κ1) is 14.3. The minimum absolute atomic E-state index is 0.0202. The summed E-state index contributed by atoms with van der Waals surface area (Å²) in [6.07, 6.45) is 5.60. The molecule has 3 aromatic rings. The Hall–Kier alpha value is -2.25. The molecule has 0 radical (unpaired) electrons. The van der Waals surface area contributed by atoms with Crippen molar-refractivity contribution in [1.29, 1.82) is 0 Å². The molecule has 7 heteroatoms. The van der Waals surface area contributed by atoms with Gasteiger partial charge in [0.25, 0.3) is 0 Å². The van der Waals surface area contributed by atoms with Gasteiger partial charge < -0.3 is 13.7 Å². The zero-order chi connectivity index (χ0) is 15.6. The minimum Gasteiger partial charge on any atom is -0.368 e. The smallest absolute Gasteiger partial charge is 0.163 e. The molecule has 1 aliphatic rings. The molecule has 0 aromatic carbocycles. The van der Waals surface area contributed by atoms with Crippen molar-refractivity contribution in [2.24, 2.45) is 0 Å². The van der Waals surface area contributed by atoms with Gasteiger partial charge in [0.15, 0.2) is 5.82 Å². The van der Waals surface area contributed by atoms with Gasteiger partial charge in [-0.25, -0.2) is 4.98 Å². The highest BCUT2D eigenvalue weighted by Gasteiger charge is 2.26. The van der Waals surface area contributed by atoms with Gasteiger partial charge in [-0.1, -0.05) is 6.07 Å². The van der Waals surface area contributed by atoms with Crippen molar-refractivity contribution in [2.45, 2.75) is 26.1 Å². The van der Waals surface area contributed by atoms with Crippen LogP contribution in [0.25, 0.3) is 5.65 Å². The van der Waals surface area contributed by atoms with Crippen LogP contribution in [0, 0.1) is 0 Å². The number of fused-ring (bicyclic) bond motifs is 1. The van der Waals surface area contributed by atoms with Crippen molar-refractivity contribution in [2.75, 3.05) is 19.7 Å². The number of rotatable bonds is 4. The quantitative estimate of drug-likeness (QED) is 0.731. The van der Waals surface area contributed by atoms with Crippen LogP contribution in [-0.4, -0.2) is 48.7 Å². The first-order valence-electron chi connectivity index (χ1n) is 7.98. The summed E-state index contributed by atoms with van der Waals surface area (Å²) in [6, 6.07) is 6.23. The van der Waals surface area contributed by atoms with Crippen molar-refractivity contribution in [3.63, 3.8) is 0 Å². The van der Waals surface area contributed by atoms with E-state index in [2.05, 4.69) is 43.5 Å². The fourth-order valence-corrected chi connectivity index (χ4v) is 3.12. The van der Waals surface area contributed by atoms with Crippen LogP contribution in [-0.2, 0) is 17.8 Å². The summed E-state index contributed by atoms with van der Waals surface area (Å²) in [5, 5.41) is 8.25. The van der Waals surface area contributed by atoms with Gasteiger partial charge in [0.05, 0.1) is 6.61 Å². The average Bonchev–Trinajstić information content (AvgIpc) is 3.24. The molecule has 1 atom stereocenters. The summed E-state index contributed by atoms with van der Waals surface area (Å²) in [4.78, 5) is 6.75. The first-order valence-corrected chi connectivity index (χ1v) is 7.98. The third-order valence-electron chi connectivity index (χ3n) is 4.32. The van der Waals surface area contributed by atoms with Crippen LogP contribution in [0.4, 0.5) is 0 Å². The Morgan fingerprint density at radius 2 is 2.30 bits per heavy atom. The summed E-state index contributed by atoms with van der Waals surface area (Å²) in [5.41, 5.74) is 2.22. The van der Waals surface area contributed by atoms with Crippen LogP contribution in [0.1, 0.15) is 24.5 Å². The fourth-order valence-electron chi connectivity index (χ4n) is 3.12. The van der Waals surface area contributed by atoms with E-state index >= 15 is 0 Å². The summed E-state index contributed by atoms with van der Waals surface area (Å²) < 4.78 is 10.1. The van der Waals surface area contributed by atoms with Crippen LogP contribution in [0.3, 0.4) is 0 Å². The highest BCUT2D eigenvalue weighted by Crippen LogP contribution is 2.22. The lowest BCUT2D eigenvalue weighted by atomic mass is 10.2. The van der Waals surface area contributed by atoms with Crippen LogP contribution in [0.5, 0.6) is 0 Å². The van der Waals surface area contributed by atoms with Crippen molar-refractivity contribution < 1.29 is 4.74 Å². The molecular weight excluding hydrogens is 292 g/mol. The summed E-state index contributed by atoms with van der Waals surface area (Å²) in [6.45, 7) is 6.27. The highest BCUT2D eigenvalue weighted by molar-refractivity contribution is 5.39. The molecule has 23 heavy (non-hydrogen) atoms. The Bertz CT molecular complexity index is 795. The number of nitrogens with zero attached hydrogens (tertiary/aromatic N) is 6. The standard InChI is InChI=1S/C16H20N6O/c1-2-21-12-18-19-16(21)14-11-20(8-9-23-14)10-13-4-3-5-15-17-6-7-22(13)15/h3-7,12,14H,2,8-11H2,1H3/t14-/m0/s1. The molecule has 3 aromatic heterocycles. The predicted octanol–water partition coefficient (Wildman–Crippen LogP) is 1.52. The second kappa shape index (κ2) is 6.10. The summed E-state index contributed by atoms with van der Waals surface area (Å²) >= 11 is 0. The van der Waals surface area contributed by atoms with Crippen molar-refractivity contribution in [3.05, 3.63) is 48.4 Å². The number of ether oxygens (including phenoxy) is 1. The molecule has 0 N–H and O–H groups in total. The molecule has 0 saturated carbocycles. The van der Waals surface area contributed by atoms with E-state index in [-0.39, 0.29) is 6.10 Å². The van der Waals surface area contributed by atoms with Crippen molar-refractivity contribution in [3.8, 4) is 0 Å². The van der Waals surface area contributed by atoms with E-state index in [4.69, 9.17) is 4.74 Å². The normalized spacial score (nSPS) is 19.4. The molecule has 4 rings (SSSR count). The zero-order valence-corrected chi connectivity index (χ0v) is 13.2. The lowest BCUT2D eigenvalue weighted by molar-refractivity contribution is -0.0393. The monoisotopic (exact) mass is 312 g/mol. The SMILES string of the molecule is CCn1cnnc1[C@@H]1CN(Cc2cccc3nccn23)CCO1. The van der Waals surface area contributed by atoms with Crippen LogP contribution in [0.15, 0.2) is 36.9 Å². The van der Waals surface area contributed by atoms with Crippen LogP contribution < -0.4 is 0 Å². The van der Waals surface area contributed by atoms with Gasteiger partial charge >= 0.3 is 0 Å². The number of hydrogen-bond acceptors (Lipinski definition) is 5. The van der Waals surface area contributed by atoms with Crippen molar-refractivity contribution in [1.82, 2.24) is 29.0 Å². The molecule has 1 fully saturated rings. The van der Waals surface area contributed by atoms with Gasteiger partial charge in [-0.2, -0.15) is 0 Å². The number of morpholine rings is 1. The van der Waals surface area contributed by atoms with Gasteiger partial charge in [0.2, 0.25) is 0 Å². The Labute approximate surface area is 134 Å². The Morgan fingerprint density at radius 3 is 3.22 bits per heavy atom. The number of pyridine rings is 1. The van der Waals surface area contributed by atoms with Crippen molar-refractivity contribution >= 4 is 5.65 Å². The molecule has 0 amide bonds. The minimum atomic E-state index is -0.0202. The topological polar surface area (TPSA) is 60.5 Å². The first-order chi connectivity index (χ1) is 11.3. The van der Waals surface area contributed by atoms with Crippen LogP contribution in [0.2, 0.25) is 0 Å². The molecule has 1 saturated heterocycles. The number of aryl methyl sites for hydroxylation is 1. The summed E-state index contributed by atoms with van der Waals surface area (Å²) in [5.74, 6) is 0.915. The lowest BCUT2D eigenvalue weighted by Crippen LogP contribution is -2.39. The number of aromatic nitrogens is 5. The maximum Gasteiger partial charge on any atom is 0.163 e. The van der Waals surface area contributed by atoms with E-state index in [1.165, 1.54) is 5.69 Å². The Kier molecular flexibility index (Phi) is 3.80. The van der Waals surface area contributed by atoms with Gasteiger partial charge in [0, 0.05) is 44.3 Å². The number of imidazole rings is 1. The van der Waals surface area contributed by atoms with Crippen LogP contribution >= 0.6 is 0 Å². The third-order valence-corrected chi connectivity index (χ3v) is 4.32. The van der Waals surface area contributed by atoms with E-state index in [1.807, 2.05) is 23.0 Å². The zero-order valence-electron chi connectivity index (χ0n) is 13.2. The molecule has 120 valence electrons. The molecule has 0 unspecified atom stereocenters. The van der Waals surface area contributed by atoms with E-state index in [0.29, 0.717) is 6.61 Å². The molecule has 1 aliphatic heterocycles. The second-order valence-corrected chi connectivity index (χ2v) is 5.74. The summed E-state index contributed by atoms with van der Waals surface area (Å²) in [7, 11) is 0. The Morgan fingerprint density at radius 1 is 1.35 bits per heavy atom. The van der Waals surface area contributed by atoms with Gasteiger partial charge in [-0.3, -0.25) is 4.90 Å². The average molecular weight is 312 g/mol. The third kappa shape index (κ3) is 2.73. The molecular formula is C16H20N6O. The predicted molar refractivity (Wildman–Crippen MR) is 84.9 cm³/mol. The fraction of sp³-hybridized carbons (Fsp3) is 0.438. The van der Waals surface area contributed by atoms with E-state index in [0.717, 1.165) is 37.7 Å².